The van der Waals surface area contributed by atoms with Crippen molar-refractivity contribution >= 4 is 11.6 Å². The first kappa shape index (κ1) is 20.2. The van der Waals surface area contributed by atoms with Crippen molar-refractivity contribution in [1.82, 2.24) is 5.32 Å². The highest BCUT2D eigenvalue weighted by molar-refractivity contribution is 5.97. The van der Waals surface area contributed by atoms with Crippen molar-refractivity contribution in [3.8, 4) is 11.5 Å². The molecule has 2 aromatic carbocycles. The van der Waals surface area contributed by atoms with E-state index in [1.54, 1.807) is 6.07 Å². The van der Waals surface area contributed by atoms with E-state index in [4.69, 9.17) is 4.74 Å². The predicted molar refractivity (Wildman–Crippen MR) is 109 cm³/mol. The Hall–Kier alpha value is -2.57. The third kappa shape index (κ3) is 5.03. The SMILES string of the molecule is CCc1ccc(CC(C)(C)NC(O)CC2Oc3ccc(O)cc3NC2=O)cc1. The molecule has 1 aliphatic rings. The molecule has 0 radical (unpaired) electrons. The number of carbonyl (C=O) groups excluding carboxylic acids is 1. The molecule has 0 fully saturated rings. The maximum absolute atomic E-state index is 12.3. The van der Waals surface area contributed by atoms with Crippen molar-refractivity contribution in [1.29, 1.82) is 0 Å². The van der Waals surface area contributed by atoms with E-state index in [2.05, 4.69) is 41.8 Å². The average molecular weight is 384 g/mol. The van der Waals surface area contributed by atoms with Gasteiger partial charge in [-0.05, 0) is 49.9 Å². The summed E-state index contributed by atoms with van der Waals surface area (Å²) >= 11 is 0. The number of ether oxygens (including phenoxy) is 1. The van der Waals surface area contributed by atoms with Gasteiger partial charge in [0.05, 0.1) is 5.69 Å². The third-order valence-corrected chi connectivity index (χ3v) is 4.85. The second-order valence-electron chi connectivity index (χ2n) is 7.90. The number of benzene rings is 2. The molecule has 0 aliphatic carbocycles. The van der Waals surface area contributed by atoms with E-state index in [0.717, 1.165) is 12.8 Å². The maximum atomic E-state index is 12.3. The van der Waals surface area contributed by atoms with Crippen LogP contribution in [0.1, 0.15) is 38.3 Å². The molecule has 1 amide bonds. The van der Waals surface area contributed by atoms with Crippen molar-refractivity contribution < 1.29 is 19.7 Å². The minimum absolute atomic E-state index is 0.0523. The van der Waals surface area contributed by atoms with Gasteiger partial charge in [-0.15, -0.1) is 0 Å². The molecule has 1 heterocycles. The van der Waals surface area contributed by atoms with Crippen LogP contribution >= 0.6 is 0 Å². The van der Waals surface area contributed by atoms with Gasteiger partial charge in [-0.25, -0.2) is 0 Å². The van der Waals surface area contributed by atoms with E-state index >= 15 is 0 Å². The molecule has 150 valence electrons. The first-order valence-electron chi connectivity index (χ1n) is 9.60. The lowest BCUT2D eigenvalue weighted by Crippen LogP contribution is -2.50. The quantitative estimate of drug-likeness (QED) is 0.551. The summed E-state index contributed by atoms with van der Waals surface area (Å²) in [5, 5.41) is 25.9. The molecule has 6 heteroatoms. The fourth-order valence-electron chi connectivity index (χ4n) is 3.46. The van der Waals surface area contributed by atoms with Crippen molar-refractivity contribution in [2.24, 2.45) is 0 Å². The van der Waals surface area contributed by atoms with Gasteiger partial charge in [-0.1, -0.05) is 31.2 Å². The van der Waals surface area contributed by atoms with Gasteiger partial charge >= 0.3 is 0 Å². The summed E-state index contributed by atoms with van der Waals surface area (Å²) in [4.78, 5) is 12.3. The van der Waals surface area contributed by atoms with Crippen LogP contribution in [0.3, 0.4) is 0 Å². The molecule has 0 bridgehead atoms. The summed E-state index contributed by atoms with van der Waals surface area (Å²) in [7, 11) is 0. The highest BCUT2D eigenvalue weighted by Crippen LogP contribution is 2.33. The number of aromatic hydroxyl groups is 1. The Morgan fingerprint density at radius 1 is 1.18 bits per heavy atom. The van der Waals surface area contributed by atoms with Crippen LogP contribution in [-0.2, 0) is 17.6 Å². The molecular weight excluding hydrogens is 356 g/mol. The van der Waals surface area contributed by atoms with E-state index in [-0.39, 0.29) is 23.6 Å². The van der Waals surface area contributed by atoms with E-state index in [1.165, 1.54) is 23.3 Å². The summed E-state index contributed by atoms with van der Waals surface area (Å²) < 4.78 is 5.70. The lowest BCUT2D eigenvalue weighted by atomic mass is 9.93. The first-order valence-corrected chi connectivity index (χ1v) is 9.60. The number of carbonyl (C=O) groups is 1. The predicted octanol–water partition coefficient (Wildman–Crippen LogP) is 2.97. The van der Waals surface area contributed by atoms with Gasteiger partial charge in [0, 0.05) is 18.0 Å². The van der Waals surface area contributed by atoms with Crippen LogP contribution in [0.25, 0.3) is 0 Å². The van der Waals surface area contributed by atoms with E-state index in [0.29, 0.717) is 11.4 Å². The van der Waals surface area contributed by atoms with Gasteiger partial charge in [0.15, 0.2) is 6.10 Å². The molecule has 0 saturated heterocycles. The molecule has 28 heavy (non-hydrogen) atoms. The lowest BCUT2D eigenvalue weighted by Gasteiger charge is -2.32. The zero-order chi connectivity index (χ0) is 20.3. The summed E-state index contributed by atoms with van der Waals surface area (Å²) in [5.74, 6) is 0.188. The van der Waals surface area contributed by atoms with Crippen molar-refractivity contribution in [2.45, 2.75) is 57.9 Å². The number of rotatable bonds is 7. The zero-order valence-electron chi connectivity index (χ0n) is 16.5. The smallest absolute Gasteiger partial charge is 0.265 e. The Bertz CT molecular complexity index is 833. The minimum atomic E-state index is -0.903. The van der Waals surface area contributed by atoms with Crippen molar-refractivity contribution in [3.63, 3.8) is 0 Å². The average Bonchev–Trinajstić information content (AvgIpc) is 2.62. The number of anilines is 1. The van der Waals surface area contributed by atoms with Crippen LogP contribution in [-0.4, -0.2) is 34.0 Å². The molecule has 0 spiro atoms. The van der Waals surface area contributed by atoms with Crippen LogP contribution in [0, 0.1) is 0 Å². The number of aliphatic hydroxyl groups is 1. The molecule has 6 nitrogen and oxygen atoms in total. The van der Waals surface area contributed by atoms with Gasteiger partial charge in [-0.2, -0.15) is 0 Å². The number of nitrogens with one attached hydrogen (secondary N) is 2. The maximum Gasteiger partial charge on any atom is 0.265 e. The number of hydrogen-bond acceptors (Lipinski definition) is 5. The van der Waals surface area contributed by atoms with Gasteiger partial charge < -0.3 is 20.3 Å². The van der Waals surface area contributed by atoms with Crippen molar-refractivity contribution in [2.75, 3.05) is 5.32 Å². The van der Waals surface area contributed by atoms with Crippen LogP contribution in [0.15, 0.2) is 42.5 Å². The lowest BCUT2D eigenvalue weighted by molar-refractivity contribution is -0.125. The van der Waals surface area contributed by atoms with Gasteiger partial charge in [-0.3, -0.25) is 10.1 Å². The monoisotopic (exact) mass is 384 g/mol. The molecule has 2 aromatic rings. The number of phenols is 1. The summed E-state index contributed by atoms with van der Waals surface area (Å²) in [6, 6.07) is 13.0. The van der Waals surface area contributed by atoms with Crippen LogP contribution in [0.5, 0.6) is 11.5 Å². The first-order chi connectivity index (χ1) is 13.3. The number of aryl methyl sites for hydroxylation is 1. The Morgan fingerprint density at radius 3 is 2.54 bits per heavy atom. The largest absolute Gasteiger partial charge is 0.508 e. The van der Waals surface area contributed by atoms with Crippen LogP contribution < -0.4 is 15.4 Å². The topological polar surface area (TPSA) is 90.8 Å². The summed E-state index contributed by atoms with van der Waals surface area (Å²) in [6.45, 7) is 6.16. The molecule has 1 aliphatic heterocycles. The normalized spacial score (nSPS) is 17.4. The Morgan fingerprint density at radius 2 is 1.86 bits per heavy atom. The van der Waals surface area contributed by atoms with E-state index < -0.39 is 12.3 Å². The molecule has 2 unspecified atom stereocenters. The number of hydrogen-bond donors (Lipinski definition) is 4. The number of phenolic OH excluding ortho intramolecular Hbond substituents is 1. The number of fused-ring (bicyclic) bond motifs is 1. The highest BCUT2D eigenvalue weighted by atomic mass is 16.5. The van der Waals surface area contributed by atoms with Crippen LogP contribution in [0.2, 0.25) is 0 Å². The fourth-order valence-corrected chi connectivity index (χ4v) is 3.46. The molecular formula is C22H28N2O4. The minimum Gasteiger partial charge on any atom is -0.508 e. The molecule has 0 saturated carbocycles. The van der Waals surface area contributed by atoms with Gasteiger partial charge in [0.1, 0.15) is 17.7 Å². The fraction of sp³-hybridized carbons (Fsp3) is 0.409. The van der Waals surface area contributed by atoms with E-state index in [9.17, 15) is 15.0 Å². The Balaban J connectivity index is 1.58. The molecule has 2 atom stereocenters. The third-order valence-electron chi connectivity index (χ3n) is 4.85. The standard InChI is InChI=1S/C22H28N2O4/c1-4-14-5-7-15(8-6-14)13-22(2,3)24-20(26)12-19-21(27)23-17-11-16(25)9-10-18(17)28-19/h5-11,19-20,24-26H,4,12-13H2,1-3H3,(H,23,27). The van der Waals surface area contributed by atoms with Crippen molar-refractivity contribution in [3.05, 3.63) is 53.6 Å². The highest BCUT2D eigenvalue weighted by Gasteiger charge is 2.31. The van der Waals surface area contributed by atoms with Gasteiger partial charge in [0.25, 0.3) is 5.91 Å². The van der Waals surface area contributed by atoms with Crippen LogP contribution in [0.4, 0.5) is 5.69 Å². The van der Waals surface area contributed by atoms with E-state index in [1.807, 2.05) is 13.8 Å². The number of amides is 1. The summed E-state index contributed by atoms with van der Waals surface area (Å²) in [5.41, 5.74) is 2.55. The second kappa shape index (κ2) is 8.20. The Labute approximate surface area is 165 Å². The molecule has 3 rings (SSSR count). The summed E-state index contributed by atoms with van der Waals surface area (Å²) in [6.07, 6.45) is 0.156. The Kier molecular flexibility index (Phi) is 5.91. The molecule has 4 N–H and O–H groups in total. The molecule has 0 aromatic heterocycles. The number of aliphatic hydroxyl groups excluding tert-OH is 1. The second-order valence-corrected chi connectivity index (χ2v) is 7.90. The van der Waals surface area contributed by atoms with Gasteiger partial charge in [0.2, 0.25) is 0 Å². The zero-order valence-corrected chi connectivity index (χ0v) is 16.5.